The average Bonchev–Trinajstić information content (AvgIpc) is 2.90. The normalized spacial score (nSPS) is 17.2. The number of para-hydroxylation sites is 1. The molecule has 1 heterocycles. The van der Waals surface area contributed by atoms with Crippen LogP contribution in [0.5, 0.6) is 5.75 Å². The van der Waals surface area contributed by atoms with Crippen LogP contribution in [0.4, 0.5) is 0 Å². The number of fused-ring (bicyclic) bond motifs is 1. The second-order valence-electron chi connectivity index (χ2n) is 5.24. The number of carboxylic acid groups (broad SMARTS) is 1. The van der Waals surface area contributed by atoms with Crippen LogP contribution in [0, 0.1) is 0 Å². The molecule has 1 aromatic heterocycles. The highest BCUT2D eigenvalue weighted by molar-refractivity contribution is 5.76. The highest BCUT2D eigenvalue weighted by Crippen LogP contribution is 2.30. The number of benzene rings is 1. The van der Waals surface area contributed by atoms with E-state index in [0.717, 1.165) is 30.1 Å². The molecule has 0 bridgehead atoms. The second-order valence-corrected chi connectivity index (χ2v) is 5.24. The van der Waals surface area contributed by atoms with E-state index in [1.54, 1.807) is 0 Å². The molecular weight excluding hydrogens is 268 g/mol. The van der Waals surface area contributed by atoms with Gasteiger partial charge in [0.25, 0.3) is 0 Å². The van der Waals surface area contributed by atoms with Gasteiger partial charge in [-0.2, -0.15) is 0 Å². The third-order valence-corrected chi connectivity index (χ3v) is 3.76. The third kappa shape index (κ3) is 3.07. The summed E-state index contributed by atoms with van der Waals surface area (Å²) in [5.41, 5.74) is 1.69. The van der Waals surface area contributed by atoms with Crippen molar-refractivity contribution in [2.75, 3.05) is 6.61 Å². The number of hydrogen-bond acceptors (Lipinski definition) is 3. The van der Waals surface area contributed by atoms with E-state index < -0.39 is 11.9 Å². The number of H-pyrrole nitrogens is 1. The maximum Gasteiger partial charge on any atom is 0.312 e. The van der Waals surface area contributed by atoms with Gasteiger partial charge in [0.2, 0.25) is 0 Å². The van der Waals surface area contributed by atoms with Gasteiger partial charge in [0.1, 0.15) is 17.5 Å². The minimum absolute atomic E-state index is 0.464. The fourth-order valence-electron chi connectivity index (χ4n) is 2.72. The average molecular weight is 286 g/mol. The molecule has 0 saturated carbocycles. The molecule has 2 aromatic rings. The summed E-state index contributed by atoms with van der Waals surface area (Å²) in [5, 5.41) is 9.24. The first kappa shape index (κ1) is 13.7. The molecule has 1 atom stereocenters. The minimum atomic E-state index is -0.783. The first-order chi connectivity index (χ1) is 10.2. The highest BCUT2D eigenvalue weighted by Gasteiger charge is 2.29. The molecule has 5 heteroatoms. The van der Waals surface area contributed by atoms with E-state index in [1.165, 1.54) is 0 Å². The first-order valence-electron chi connectivity index (χ1n) is 7.22. The van der Waals surface area contributed by atoms with Crippen LogP contribution in [-0.2, 0) is 17.6 Å². The summed E-state index contributed by atoms with van der Waals surface area (Å²) in [5.74, 6) is 0.393. The Kier molecular flexibility index (Phi) is 3.90. The second kappa shape index (κ2) is 5.99. The topological polar surface area (TPSA) is 75.2 Å². The van der Waals surface area contributed by atoms with Gasteiger partial charge >= 0.3 is 5.97 Å². The van der Waals surface area contributed by atoms with Gasteiger partial charge in [-0.05, 0) is 31.4 Å². The van der Waals surface area contributed by atoms with Crippen molar-refractivity contribution in [1.29, 1.82) is 0 Å². The fraction of sp³-hybridized carbons (Fsp3) is 0.375. The number of aromatic amines is 1. The molecule has 1 aromatic carbocycles. The van der Waals surface area contributed by atoms with Crippen molar-refractivity contribution >= 4 is 5.97 Å². The van der Waals surface area contributed by atoms with Crippen molar-refractivity contribution < 1.29 is 14.6 Å². The van der Waals surface area contributed by atoms with Gasteiger partial charge in [-0.1, -0.05) is 18.2 Å². The summed E-state index contributed by atoms with van der Waals surface area (Å²) >= 11 is 0. The molecule has 1 aliphatic carbocycles. The SMILES string of the molecule is O=C(O)C1CCCc2[nH]c(CCOc3ccccc3)nc21. The zero-order valence-corrected chi connectivity index (χ0v) is 11.7. The van der Waals surface area contributed by atoms with E-state index in [0.29, 0.717) is 25.1 Å². The number of aryl methyl sites for hydroxylation is 1. The molecule has 0 fully saturated rings. The van der Waals surface area contributed by atoms with Crippen molar-refractivity contribution in [1.82, 2.24) is 9.97 Å². The Morgan fingerprint density at radius 3 is 2.95 bits per heavy atom. The summed E-state index contributed by atoms with van der Waals surface area (Å²) in [4.78, 5) is 19.0. The molecule has 0 amide bonds. The maximum atomic E-state index is 11.2. The van der Waals surface area contributed by atoms with Gasteiger partial charge in [-0.15, -0.1) is 0 Å². The lowest BCUT2D eigenvalue weighted by Crippen LogP contribution is -2.17. The summed E-state index contributed by atoms with van der Waals surface area (Å²) in [6.07, 6.45) is 3.10. The lowest BCUT2D eigenvalue weighted by Gasteiger charge is -2.16. The number of carbonyl (C=O) groups is 1. The van der Waals surface area contributed by atoms with Gasteiger partial charge in [-0.25, -0.2) is 4.98 Å². The van der Waals surface area contributed by atoms with Crippen molar-refractivity contribution in [2.45, 2.75) is 31.6 Å². The zero-order valence-electron chi connectivity index (χ0n) is 11.7. The predicted octanol–water partition coefficient (Wildman–Crippen LogP) is 2.54. The Bertz CT molecular complexity index is 622. The van der Waals surface area contributed by atoms with Crippen molar-refractivity contribution in [3.8, 4) is 5.75 Å². The van der Waals surface area contributed by atoms with E-state index in [9.17, 15) is 9.90 Å². The van der Waals surface area contributed by atoms with Crippen LogP contribution in [0.3, 0.4) is 0 Å². The molecule has 5 nitrogen and oxygen atoms in total. The van der Waals surface area contributed by atoms with Crippen LogP contribution < -0.4 is 4.74 Å². The number of aliphatic carboxylic acids is 1. The Morgan fingerprint density at radius 1 is 1.38 bits per heavy atom. The zero-order chi connectivity index (χ0) is 14.7. The standard InChI is InChI=1S/C16H18N2O3/c19-16(20)12-7-4-8-13-15(12)18-14(17-13)9-10-21-11-5-2-1-3-6-11/h1-3,5-6,12H,4,7-10H2,(H,17,18)(H,19,20). The highest BCUT2D eigenvalue weighted by atomic mass is 16.5. The lowest BCUT2D eigenvalue weighted by atomic mass is 9.90. The van der Waals surface area contributed by atoms with Gasteiger partial charge in [0.05, 0.1) is 12.3 Å². The van der Waals surface area contributed by atoms with E-state index >= 15 is 0 Å². The molecule has 3 rings (SSSR count). The molecule has 0 spiro atoms. The minimum Gasteiger partial charge on any atom is -0.493 e. The smallest absolute Gasteiger partial charge is 0.312 e. The Balaban J connectivity index is 1.63. The Hall–Kier alpha value is -2.30. The maximum absolute atomic E-state index is 11.2. The number of ether oxygens (including phenoxy) is 1. The van der Waals surface area contributed by atoms with Crippen LogP contribution in [0.2, 0.25) is 0 Å². The number of imidazole rings is 1. The largest absolute Gasteiger partial charge is 0.493 e. The molecule has 1 aliphatic rings. The van der Waals surface area contributed by atoms with Crippen LogP contribution in [0.15, 0.2) is 30.3 Å². The predicted molar refractivity (Wildman–Crippen MR) is 77.5 cm³/mol. The summed E-state index contributed by atoms with van der Waals surface area (Å²) in [6, 6.07) is 9.62. The molecular formula is C16H18N2O3. The van der Waals surface area contributed by atoms with Crippen LogP contribution in [-0.4, -0.2) is 27.7 Å². The first-order valence-corrected chi connectivity index (χ1v) is 7.22. The molecule has 0 aliphatic heterocycles. The fourth-order valence-corrected chi connectivity index (χ4v) is 2.72. The summed E-state index contributed by atoms with van der Waals surface area (Å²) < 4.78 is 5.64. The van der Waals surface area contributed by atoms with E-state index in [1.807, 2.05) is 30.3 Å². The van der Waals surface area contributed by atoms with Crippen LogP contribution in [0.25, 0.3) is 0 Å². The number of nitrogens with zero attached hydrogens (tertiary/aromatic N) is 1. The van der Waals surface area contributed by atoms with Crippen molar-refractivity contribution in [3.05, 3.63) is 47.5 Å². The van der Waals surface area contributed by atoms with Crippen LogP contribution >= 0.6 is 0 Å². The third-order valence-electron chi connectivity index (χ3n) is 3.76. The number of hydrogen-bond donors (Lipinski definition) is 2. The molecule has 2 N–H and O–H groups in total. The molecule has 0 saturated heterocycles. The number of nitrogens with one attached hydrogen (secondary N) is 1. The van der Waals surface area contributed by atoms with Gasteiger partial charge in [0, 0.05) is 12.1 Å². The monoisotopic (exact) mass is 286 g/mol. The molecule has 1 unspecified atom stereocenters. The molecule has 0 radical (unpaired) electrons. The molecule has 110 valence electrons. The van der Waals surface area contributed by atoms with Crippen molar-refractivity contribution in [3.63, 3.8) is 0 Å². The van der Waals surface area contributed by atoms with E-state index in [4.69, 9.17) is 4.74 Å². The van der Waals surface area contributed by atoms with Crippen LogP contribution in [0.1, 0.15) is 36.0 Å². The van der Waals surface area contributed by atoms with Gasteiger partial charge in [-0.3, -0.25) is 4.79 Å². The lowest BCUT2D eigenvalue weighted by molar-refractivity contribution is -0.139. The Morgan fingerprint density at radius 2 is 2.19 bits per heavy atom. The number of rotatable bonds is 5. The quantitative estimate of drug-likeness (QED) is 0.885. The number of carboxylic acids is 1. The number of aromatic nitrogens is 2. The van der Waals surface area contributed by atoms with Crippen molar-refractivity contribution in [2.24, 2.45) is 0 Å². The van der Waals surface area contributed by atoms with Gasteiger partial charge < -0.3 is 14.8 Å². The Labute approximate surface area is 123 Å². The summed E-state index contributed by atoms with van der Waals surface area (Å²) in [7, 11) is 0. The van der Waals surface area contributed by atoms with E-state index in [-0.39, 0.29) is 0 Å². The van der Waals surface area contributed by atoms with Gasteiger partial charge in [0.15, 0.2) is 0 Å². The van der Waals surface area contributed by atoms with E-state index in [2.05, 4.69) is 9.97 Å². The molecule has 21 heavy (non-hydrogen) atoms. The summed E-state index contributed by atoms with van der Waals surface area (Å²) in [6.45, 7) is 0.522.